The number of hydrogen-bond donors (Lipinski definition) is 0. The molecule has 2 rings (SSSR count). The Hall–Kier alpha value is -1.34. The Labute approximate surface area is 131 Å². The van der Waals surface area contributed by atoms with Crippen LogP contribution in [0.1, 0.15) is 45.7 Å². The summed E-state index contributed by atoms with van der Waals surface area (Å²) < 4.78 is 33.9. The van der Waals surface area contributed by atoms with Gasteiger partial charge in [-0.3, -0.25) is 8.75 Å². The van der Waals surface area contributed by atoms with Crippen molar-refractivity contribution >= 4 is 16.2 Å². The van der Waals surface area contributed by atoms with Crippen LogP contribution in [0.15, 0.2) is 18.3 Å². The quantitative estimate of drug-likeness (QED) is 0.776. The standard InChI is InChI=1S/C15H23NO5S/c1-14(2,3)21-13(17)16-10-5-6-12(16)15(7-8-15)9-11-20-22(4,18)19/h5-6,10H,7-9,11H2,1-4H3. The van der Waals surface area contributed by atoms with E-state index in [-0.39, 0.29) is 12.0 Å². The van der Waals surface area contributed by atoms with Gasteiger partial charge in [0.2, 0.25) is 0 Å². The van der Waals surface area contributed by atoms with Crippen molar-refractivity contribution in [1.29, 1.82) is 0 Å². The number of carbonyl (C=O) groups excluding carboxylic acids is 1. The second-order valence-corrected chi connectivity index (χ2v) is 8.44. The molecule has 0 atom stereocenters. The van der Waals surface area contributed by atoms with Gasteiger partial charge in [-0.2, -0.15) is 8.42 Å². The number of ether oxygens (including phenoxy) is 1. The predicted molar refractivity (Wildman–Crippen MR) is 82.4 cm³/mol. The Kier molecular flexibility index (Phi) is 4.41. The van der Waals surface area contributed by atoms with E-state index < -0.39 is 21.8 Å². The van der Waals surface area contributed by atoms with Gasteiger partial charge in [0, 0.05) is 17.3 Å². The molecule has 0 aliphatic heterocycles. The lowest BCUT2D eigenvalue weighted by Gasteiger charge is -2.22. The van der Waals surface area contributed by atoms with Gasteiger partial charge >= 0.3 is 6.09 Å². The summed E-state index contributed by atoms with van der Waals surface area (Å²) in [6, 6.07) is 3.69. The molecular weight excluding hydrogens is 306 g/mol. The van der Waals surface area contributed by atoms with Crippen LogP contribution in [0.3, 0.4) is 0 Å². The summed E-state index contributed by atoms with van der Waals surface area (Å²) in [5.41, 5.74) is 0.110. The summed E-state index contributed by atoms with van der Waals surface area (Å²) in [4.78, 5) is 12.3. The molecule has 6 nitrogen and oxygen atoms in total. The van der Waals surface area contributed by atoms with Crippen LogP contribution in [0.5, 0.6) is 0 Å². The highest BCUT2D eigenvalue weighted by Crippen LogP contribution is 2.51. The molecule has 1 aliphatic rings. The van der Waals surface area contributed by atoms with E-state index in [4.69, 9.17) is 8.92 Å². The molecule has 0 unspecified atom stereocenters. The zero-order valence-electron chi connectivity index (χ0n) is 13.5. The fourth-order valence-corrected chi connectivity index (χ4v) is 2.84. The number of nitrogens with zero attached hydrogens (tertiary/aromatic N) is 1. The van der Waals surface area contributed by atoms with Gasteiger partial charge < -0.3 is 4.74 Å². The van der Waals surface area contributed by atoms with Gasteiger partial charge in [-0.25, -0.2) is 4.79 Å². The molecule has 1 aromatic heterocycles. The first-order valence-electron chi connectivity index (χ1n) is 7.28. The Morgan fingerprint density at radius 3 is 2.50 bits per heavy atom. The number of rotatable bonds is 5. The smallest absolute Gasteiger partial charge is 0.418 e. The minimum absolute atomic E-state index is 0.123. The summed E-state index contributed by atoms with van der Waals surface area (Å²) in [7, 11) is -3.44. The van der Waals surface area contributed by atoms with Crippen LogP contribution in [0.4, 0.5) is 4.79 Å². The molecule has 124 valence electrons. The molecule has 0 N–H and O–H groups in total. The van der Waals surface area contributed by atoms with E-state index in [0.29, 0.717) is 6.42 Å². The van der Waals surface area contributed by atoms with Crippen molar-refractivity contribution in [3.05, 3.63) is 24.0 Å². The van der Waals surface area contributed by atoms with Gasteiger partial charge in [0.05, 0.1) is 12.9 Å². The van der Waals surface area contributed by atoms with Gasteiger partial charge in [0.1, 0.15) is 5.60 Å². The maximum absolute atomic E-state index is 12.3. The number of aromatic nitrogens is 1. The zero-order valence-corrected chi connectivity index (χ0v) is 14.3. The summed E-state index contributed by atoms with van der Waals surface area (Å²) in [5, 5.41) is 0. The third-order valence-corrected chi connectivity index (χ3v) is 4.21. The Bertz CT molecular complexity index is 650. The number of carbonyl (C=O) groups is 1. The van der Waals surface area contributed by atoms with E-state index in [1.165, 1.54) is 4.57 Å². The van der Waals surface area contributed by atoms with Crippen molar-refractivity contribution in [2.75, 3.05) is 12.9 Å². The molecule has 1 heterocycles. The highest BCUT2D eigenvalue weighted by atomic mass is 32.2. The first kappa shape index (κ1) is 17.0. The van der Waals surface area contributed by atoms with Gasteiger partial charge in [-0.05, 0) is 52.2 Å². The molecule has 1 aliphatic carbocycles. The van der Waals surface area contributed by atoms with E-state index in [1.807, 2.05) is 26.8 Å². The SMILES string of the molecule is CC(C)(C)OC(=O)n1cccc1C1(CCOS(C)(=O)=O)CC1. The highest BCUT2D eigenvalue weighted by molar-refractivity contribution is 7.85. The van der Waals surface area contributed by atoms with Crippen LogP contribution in [-0.4, -0.2) is 37.5 Å². The molecule has 1 fully saturated rings. The molecule has 0 bridgehead atoms. The molecule has 1 aromatic rings. The monoisotopic (exact) mass is 329 g/mol. The fourth-order valence-electron chi connectivity index (χ4n) is 2.46. The molecular formula is C15H23NO5S. The maximum atomic E-state index is 12.3. The highest BCUT2D eigenvalue weighted by Gasteiger charge is 2.46. The van der Waals surface area contributed by atoms with Crippen LogP contribution in [0.25, 0.3) is 0 Å². The van der Waals surface area contributed by atoms with Crippen molar-refractivity contribution in [2.45, 2.75) is 51.0 Å². The average Bonchev–Trinajstić information content (AvgIpc) is 2.93. The molecule has 0 saturated heterocycles. The summed E-state index contributed by atoms with van der Waals surface area (Å²) in [5.74, 6) is 0. The molecule has 0 aromatic carbocycles. The van der Waals surface area contributed by atoms with Gasteiger partial charge in [0.25, 0.3) is 10.1 Å². The lowest BCUT2D eigenvalue weighted by atomic mass is 9.99. The lowest BCUT2D eigenvalue weighted by Crippen LogP contribution is -2.29. The molecule has 22 heavy (non-hydrogen) atoms. The predicted octanol–water partition coefficient (Wildman–Crippen LogP) is 2.67. The van der Waals surface area contributed by atoms with Crippen molar-refractivity contribution in [3.63, 3.8) is 0 Å². The Morgan fingerprint density at radius 2 is 2.00 bits per heavy atom. The van der Waals surface area contributed by atoms with Crippen LogP contribution < -0.4 is 0 Å². The van der Waals surface area contributed by atoms with Crippen molar-refractivity contribution in [2.24, 2.45) is 0 Å². The second kappa shape index (κ2) is 5.70. The zero-order chi connectivity index (χ0) is 16.6. The fraction of sp³-hybridized carbons (Fsp3) is 0.667. The summed E-state index contributed by atoms with van der Waals surface area (Å²) >= 11 is 0. The van der Waals surface area contributed by atoms with E-state index in [2.05, 4.69) is 0 Å². The first-order chi connectivity index (χ1) is 10.0. The van der Waals surface area contributed by atoms with Gasteiger partial charge in [-0.15, -0.1) is 0 Å². The van der Waals surface area contributed by atoms with Crippen LogP contribution >= 0.6 is 0 Å². The van der Waals surface area contributed by atoms with Crippen molar-refractivity contribution < 1.29 is 22.1 Å². The van der Waals surface area contributed by atoms with Crippen LogP contribution in [-0.2, 0) is 24.5 Å². The molecule has 0 spiro atoms. The van der Waals surface area contributed by atoms with Crippen LogP contribution in [0.2, 0.25) is 0 Å². The number of hydrogen-bond acceptors (Lipinski definition) is 5. The minimum atomic E-state index is -3.44. The molecule has 0 amide bonds. The van der Waals surface area contributed by atoms with Gasteiger partial charge in [0.15, 0.2) is 0 Å². The summed E-state index contributed by atoms with van der Waals surface area (Å²) in [6.45, 7) is 5.58. The summed E-state index contributed by atoms with van der Waals surface area (Å²) in [6.07, 6.45) is 4.69. The third-order valence-electron chi connectivity index (χ3n) is 3.61. The maximum Gasteiger partial charge on any atom is 0.418 e. The van der Waals surface area contributed by atoms with E-state index in [1.54, 1.807) is 12.3 Å². The van der Waals surface area contributed by atoms with E-state index in [9.17, 15) is 13.2 Å². The first-order valence-corrected chi connectivity index (χ1v) is 9.10. The van der Waals surface area contributed by atoms with E-state index in [0.717, 1.165) is 24.8 Å². The molecule has 7 heteroatoms. The van der Waals surface area contributed by atoms with E-state index >= 15 is 0 Å². The second-order valence-electron chi connectivity index (χ2n) is 6.80. The molecule has 0 radical (unpaired) electrons. The van der Waals surface area contributed by atoms with Crippen molar-refractivity contribution in [3.8, 4) is 0 Å². The minimum Gasteiger partial charge on any atom is -0.443 e. The lowest BCUT2D eigenvalue weighted by molar-refractivity contribution is 0.0529. The third kappa shape index (κ3) is 4.33. The largest absolute Gasteiger partial charge is 0.443 e. The topological polar surface area (TPSA) is 74.6 Å². The Morgan fingerprint density at radius 1 is 1.36 bits per heavy atom. The van der Waals surface area contributed by atoms with Gasteiger partial charge in [-0.1, -0.05) is 0 Å². The molecule has 1 saturated carbocycles. The normalized spacial score (nSPS) is 17.3. The van der Waals surface area contributed by atoms with Crippen molar-refractivity contribution in [1.82, 2.24) is 4.57 Å². The Balaban J connectivity index is 2.10. The van der Waals surface area contributed by atoms with Crippen LogP contribution in [0, 0.1) is 0 Å². The average molecular weight is 329 g/mol.